The number of fused-ring (bicyclic) bond motifs is 6. The summed E-state index contributed by atoms with van der Waals surface area (Å²) in [6.07, 6.45) is 5.77. The van der Waals surface area contributed by atoms with E-state index in [1.165, 1.54) is 86.0 Å². The van der Waals surface area contributed by atoms with E-state index in [0.29, 0.717) is 5.92 Å². The fraction of sp³-hybridized carbons (Fsp3) is 0.190. The second-order valence-electron chi connectivity index (χ2n) is 13.2. The van der Waals surface area contributed by atoms with Gasteiger partial charge >= 0.3 is 0 Å². The van der Waals surface area contributed by atoms with Crippen LogP contribution >= 0.6 is 0 Å². The van der Waals surface area contributed by atoms with Crippen LogP contribution in [0.25, 0.3) is 5.69 Å². The molecule has 3 nitrogen and oxygen atoms in total. The first kappa shape index (κ1) is 27.4. The topological polar surface area (TPSA) is 11.4 Å². The predicted octanol–water partition coefficient (Wildman–Crippen LogP) is 8.95. The van der Waals surface area contributed by atoms with Crippen molar-refractivity contribution >= 4 is 57.4 Å². The number of rotatable bonds is 5. The first-order chi connectivity index (χ1) is 22.7. The largest absolute Gasteiger partial charge is 0.323 e. The van der Waals surface area contributed by atoms with Crippen LogP contribution in [0.15, 0.2) is 127 Å². The lowest BCUT2D eigenvalue weighted by Gasteiger charge is -2.44. The Morgan fingerprint density at radius 2 is 1.20 bits per heavy atom. The molecule has 0 saturated carbocycles. The second-order valence-corrected chi connectivity index (χ2v) is 13.2. The second kappa shape index (κ2) is 10.8. The van der Waals surface area contributed by atoms with Gasteiger partial charge in [-0.15, -0.1) is 0 Å². The Morgan fingerprint density at radius 3 is 1.87 bits per heavy atom. The molecule has 3 aliphatic rings. The van der Waals surface area contributed by atoms with Crippen LogP contribution in [0.3, 0.4) is 0 Å². The normalized spacial score (nSPS) is 15.1. The zero-order chi connectivity index (χ0) is 30.8. The number of anilines is 6. The van der Waals surface area contributed by atoms with Crippen LogP contribution < -0.4 is 26.3 Å². The van der Waals surface area contributed by atoms with Gasteiger partial charge in [-0.1, -0.05) is 86.6 Å². The summed E-state index contributed by atoms with van der Waals surface area (Å²) in [5.74, 6) is 0.441. The third-order valence-electron chi connectivity index (χ3n) is 10.6. The number of aromatic nitrogens is 1. The minimum absolute atomic E-state index is 0.105. The number of benzene rings is 5. The van der Waals surface area contributed by atoms with Gasteiger partial charge in [-0.25, -0.2) is 0 Å². The molecule has 0 fully saturated rings. The number of nitrogens with zero attached hydrogens (tertiary/aromatic N) is 3. The van der Waals surface area contributed by atoms with Crippen molar-refractivity contribution in [2.24, 2.45) is 0 Å². The number of para-hydroxylation sites is 4. The molecule has 5 aromatic carbocycles. The van der Waals surface area contributed by atoms with E-state index in [9.17, 15) is 0 Å². The van der Waals surface area contributed by atoms with E-state index < -0.39 is 0 Å². The summed E-state index contributed by atoms with van der Waals surface area (Å²) in [6.45, 7) is 4.80. The average molecular weight is 596 g/mol. The van der Waals surface area contributed by atoms with E-state index in [2.05, 4.69) is 156 Å². The highest BCUT2D eigenvalue weighted by atomic mass is 15.2. The van der Waals surface area contributed by atoms with Crippen molar-refractivity contribution in [3.05, 3.63) is 144 Å². The fourth-order valence-electron chi connectivity index (χ4n) is 8.34. The Morgan fingerprint density at radius 1 is 0.630 bits per heavy atom. The molecule has 1 unspecified atom stereocenters. The molecule has 0 radical (unpaired) electrons. The maximum Gasteiger partial charge on any atom is 0.273 e. The van der Waals surface area contributed by atoms with Gasteiger partial charge in [0.05, 0.1) is 5.69 Å². The molecular formula is C42H38BN3. The highest BCUT2D eigenvalue weighted by Crippen LogP contribution is 2.48. The van der Waals surface area contributed by atoms with Gasteiger partial charge in [-0.2, -0.15) is 0 Å². The average Bonchev–Trinajstić information content (AvgIpc) is 3.47. The molecule has 0 N–H and O–H groups in total. The Kier molecular flexibility index (Phi) is 6.45. The molecule has 3 heterocycles. The van der Waals surface area contributed by atoms with Gasteiger partial charge in [0, 0.05) is 45.4 Å². The Balaban J connectivity index is 1.46. The van der Waals surface area contributed by atoms with E-state index >= 15 is 0 Å². The maximum absolute atomic E-state index is 2.66. The molecule has 0 saturated heterocycles. The molecule has 46 heavy (non-hydrogen) atoms. The highest BCUT2D eigenvalue weighted by molar-refractivity contribution is 7.00. The van der Waals surface area contributed by atoms with Crippen molar-refractivity contribution in [1.82, 2.24) is 4.57 Å². The minimum atomic E-state index is 0.105. The van der Waals surface area contributed by atoms with Crippen molar-refractivity contribution in [1.29, 1.82) is 0 Å². The molecule has 0 amide bonds. The summed E-state index contributed by atoms with van der Waals surface area (Å²) < 4.78 is 2.66. The summed E-state index contributed by atoms with van der Waals surface area (Å²) in [5.41, 5.74) is 17.6. The molecule has 6 aromatic rings. The minimum Gasteiger partial charge on any atom is -0.323 e. The van der Waals surface area contributed by atoms with Crippen molar-refractivity contribution in [3.8, 4) is 5.69 Å². The van der Waals surface area contributed by atoms with E-state index in [1.807, 2.05) is 0 Å². The van der Waals surface area contributed by atoms with Crippen LogP contribution in [0, 0.1) is 0 Å². The molecule has 0 bridgehead atoms. The summed E-state index contributed by atoms with van der Waals surface area (Å²) in [5, 5.41) is 0. The van der Waals surface area contributed by atoms with Crippen LogP contribution in [-0.2, 0) is 12.8 Å². The van der Waals surface area contributed by atoms with Crippen LogP contribution in [0.4, 0.5) is 34.1 Å². The molecular weight excluding hydrogens is 557 g/mol. The van der Waals surface area contributed by atoms with Crippen LogP contribution in [0.2, 0.25) is 0 Å². The van der Waals surface area contributed by atoms with E-state index in [4.69, 9.17) is 0 Å². The summed E-state index contributed by atoms with van der Waals surface area (Å²) >= 11 is 0. The lowest BCUT2D eigenvalue weighted by molar-refractivity contribution is 0.664. The fourth-order valence-corrected chi connectivity index (χ4v) is 8.34. The van der Waals surface area contributed by atoms with Gasteiger partial charge in [0.2, 0.25) is 0 Å². The monoisotopic (exact) mass is 595 g/mol. The Labute approximate surface area is 272 Å². The first-order valence-corrected chi connectivity index (χ1v) is 17.0. The number of hydrogen-bond acceptors (Lipinski definition) is 2. The van der Waals surface area contributed by atoms with Crippen LogP contribution in [-0.4, -0.2) is 11.3 Å². The Hall–Kier alpha value is -4.96. The van der Waals surface area contributed by atoms with Gasteiger partial charge in [0.15, 0.2) is 0 Å². The van der Waals surface area contributed by atoms with Gasteiger partial charge in [-0.3, -0.25) is 0 Å². The SMILES string of the molecule is CCC(C)c1cc2c3c(c1)N(c1ccccc1)c1c4c(n(-c5ccccc5)c1B3c1ccccc1N2c1ccccc1)CCCC4. The maximum atomic E-state index is 2.66. The van der Waals surface area contributed by atoms with Crippen molar-refractivity contribution in [3.63, 3.8) is 0 Å². The summed E-state index contributed by atoms with van der Waals surface area (Å²) in [7, 11) is 0. The molecule has 2 aliphatic heterocycles. The van der Waals surface area contributed by atoms with Gasteiger partial charge < -0.3 is 14.4 Å². The molecule has 1 aromatic heterocycles. The van der Waals surface area contributed by atoms with E-state index in [1.54, 1.807) is 0 Å². The molecule has 0 spiro atoms. The lowest BCUT2D eigenvalue weighted by Crippen LogP contribution is -2.63. The summed E-state index contributed by atoms with van der Waals surface area (Å²) in [4.78, 5) is 5.16. The standard InChI is InChI=1S/C42H38BN3/c1-3-29(2)30-27-38-40-39(28-30)45(32-19-9-5-10-20-32)41-34-23-13-15-25-36(34)46(33-21-11-6-12-22-33)42(41)43(40)35-24-14-16-26-37(35)44(38)31-17-7-4-8-18-31/h4-12,14,16-22,24,26-29H,3,13,15,23,25H2,1-2H3. The molecule has 224 valence electrons. The third kappa shape index (κ3) is 3.99. The zero-order valence-corrected chi connectivity index (χ0v) is 26.7. The smallest absolute Gasteiger partial charge is 0.273 e. The molecule has 4 heteroatoms. The van der Waals surface area contributed by atoms with Crippen molar-refractivity contribution < 1.29 is 0 Å². The lowest BCUT2D eigenvalue weighted by atomic mass is 9.34. The third-order valence-corrected chi connectivity index (χ3v) is 10.6. The van der Waals surface area contributed by atoms with Crippen molar-refractivity contribution in [2.75, 3.05) is 9.80 Å². The van der Waals surface area contributed by atoms with Crippen molar-refractivity contribution in [2.45, 2.75) is 51.9 Å². The molecule has 1 aliphatic carbocycles. The van der Waals surface area contributed by atoms with Crippen LogP contribution in [0.1, 0.15) is 55.8 Å². The van der Waals surface area contributed by atoms with Gasteiger partial charge in [0.25, 0.3) is 6.71 Å². The molecule has 1 atom stereocenters. The van der Waals surface area contributed by atoms with E-state index in [0.717, 1.165) is 19.3 Å². The molecule has 9 rings (SSSR count). The highest BCUT2D eigenvalue weighted by Gasteiger charge is 2.47. The van der Waals surface area contributed by atoms with E-state index in [-0.39, 0.29) is 6.71 Å². The predicted molar refractivity (Wildman–Crippen MR) is 195 cm³/mol. The quantitative estimate of drug-likeness (QED) is 0.184. The van der Waals surface area contributed by atoms with Crippen LogP contribution in [0.5, 0.6) is 0 Å². The van der Waals surface area contributed by atoms with Gasteiger partial charge in [0.1, 0.15) is 0 Å². The number of hydrogen-bond donors (Lipinski definition) is 0. The first-order valence-electron chi connectivity index (χ1n) is 17.0. The van der Waals surface area contributed by atoms with Gasteiger partial charge in [-0.05, 0) is 115 Å². The Bertz CT molecular complexity index is 2070. The zero-order valence-electron chi connectivity index (χ0n) is 26.7. The summed E-state index contributed by atoms with van der Waals surface area (Å²) in [6, 6.07) is 47.4.